The van der Waals surface area contributed by atoms with Crippen LogP contribution in [0.3, 0.4) is 0 Å². The molecular weight excluding hydrogens is 581 g/mol. The monoisotopic (exact) mass is 615 g/mol. The highest BCUT2D eigenvalue weighted by molar-refractivity contribution is 7.92. The number of halogens is 2. The summed E-state index contributed by atoms with van der Waals surface area (Å²) in [7, 11) is -4.20. The minimum absolute atomic E-state index is 0.0139. The summed E-state index contributed by atoms with van der Waals surface area (Å²) in [4.78, 5) is 29.2. The zero-order chi connectivity index (χ0) is 29.6. The van der Waals surface area contributed by atoms with E-state index < -0.39 is 28.5 Å². The van der Waals surface area contributed by atoms with Crippen LogP contribution in [-0.4, -0.2) is 43.8 Å². The molecule has 1 atom stereocenters. The lowest BCUT2D eigenvalue weighted by atomic mass is 10.1. The van der Waals surface area contributed by atoms with E-state index in [2.05, 4.69) is 5.32 Å². The Labute approximate surface area is 252 Å². The van der Waals surface area contributed by atoms with Crippen LogP contribution in [0.15, 0.2) is 77.7 Å². The van der Waals surface area contributed by atoms with Gasteiger partial charge in [0.2, 0.25) is 11.8 Å². The van der Waals surface area contributed by atoms with Gasteiger partial charge in [-0.2, -0.15) is 0 Å². The first-order valence-electron chi connectivity index (χ1n) is 13.8. The van der Waals surface area contributed by atoms with E-state index >= 15 is 0 Å². The average molecular weight is 617 g/mol. The summed E-state index contributed by atoms with van der Waals surface area (Å²) in [5.41, 5.74) is 2.05. The van der Waals surface area contributed by atoms with E-state index in [9.17, 15) is 18.0 Å². The summed E-state index contributed by atoms with van der Waals surface area (Å²) < 4.78 is 28.8. The first kappa shape index (κ1) is 30.9. The van der Waals surface area contributed by atoms with Crippen molar-refractivity contribution < 1.29 is 18.0 Å². The highest BCUT2D eigenvalue weighted by Gasteiger charge is 2.34. The van der Waals surface area contributed by atoms with Crippen LogP contribution < -0.4 is 9.62 Å². The van der Waals surface area contributed by atoms with Gasteiger partial charge < -0.3 is 10.2 Å². The summed E-state index contributed by atoms with van der Waals surface area (Å²) in [5.74, 6) is -0.752. The minimum atomic E-state index is -4.20. The molecule has 41 heavy (non-hydrogen) atoms. The second-order valence-electron chi connectivity index (χ2n) is 10.4. The molecule has 1 aliphatic rings. The summed E-state index contributed by atoms with van der Waals surface area (Å²) in [6.07, 6.45) is 4.30. The van der Waals surface area contributed by atoms with Crippen LogP contribution in [0.2, 0.25) is 10.0 Å². The third-order valence-corrected chi connectivity index (χ3v) is 9.53. The second kappa shape index (κ2) is 13.7. The third-order valence-electron chi connectivity index (χ3n) is 7.31. The van der Waals surface area contributed by atoms with Gasteiger partial charge in [0.05, 0.1) is 10.6 Å². The van der Waals surface area contributed by atoms with Gasteiger partial charge in [0.25, 0.3) is 10.0 Å². The molecule has 3 aromatic rings. The minimum Gasteiger partial charge on any atom is -0.352 e. The quantitative estimate of drug-likeness (QED) is 0.272. The predicted octanol–water partition coefficient (Wildman–Crippen LogP) is 6.36. The lowest BCUT2D eigenvalue weighted by molar-refractivity contribution is -0.140. The molecule has 10 heteroatoms. The van der Waals surface area contributed by atoms with Crippen molar-refractivity contribution in [3.63, 3.8) is 0 Å². The van der Waals surface area contributed by atoms with Crippen LogP contribution in [0, 0.1) is 6.92 Å². The zero-order valence-corrected chi connectivity index (χ0v) is 25.6. The maximum Gasteiger partial charge on any atom is 0.264 e. The van der Waals surface area contributed by atoms with E-state index in [0.29, 0.717) is 6.42 Å². The van der Waals surface area contributed by atoms with Gasteiger partial charge in [0.1, 0.15) is 12.6 Å². The Kier molecular flexibility index (Phi) is 10.3. The smallest absolute Gasteiger partial charge is 0.264 e. The van der Waals surface area contributed by atoms with Crippen molar-refractivity contribution >= 4 is 50.7 Å². The zero-order valence-electron chi connectivity index (χ0n) is 23.2. The topological polar surface area (TPSA) is 86.8 Å². The number of nitrogens with one attached hydrogen (secondary N) is 1. The SMILES string of the molecule is CC[C@H](C(=O)NC1CCCC1)N(Cc1ccc(C)cc1)C(=O)CN(c1cc(Cl)cc(Cl)c1)S(=O)(=O)c1ccccc1. The second-order valence-corrected chi connectivity index (χ2v) is 13.1. The molecule has 7 nitrogen and oxygen atoms in total. The van der Waals surface area contributed by atoms with Crippen LogP contribution in [0.25, 0.3) is 0 Å². The predicted molar refractivity (Wildman–Crippen MR) is 164 cm³/mol. The molecule has 2 amide bonds. The molecule has 0 bridgehead atoms. The standard InChI is InChI=1S/C31H35Cl2N3O4S/c1-3-29(31(38)34-26-9-7-8-10-26)35(20-23-15-13-22(2)14-16-23)30(37)21-36(27-18-24(32)17-25(33)19-27)41(39,40)28-11-5-4-6-12-28/h4-6,11-19,26,29H,3,7-10,20-21H2,1-2H3,(H,34,38)/t29-/m1/s1. The van der Waals surface area contributed by atoms with Gasteiger partial charge in [-0.1, -0.05) is 91.0 Å². The summed E-state index contributed by atoms with van der Waals surface area (Å²) in [6, 6.07) is 19.3. The van der Waals surface area contributed by atoms with Crippen LogP contribution in [0.4, 0.5) is 5.69 Å². The van der Waals surface area contributed by atoms with E-state index in [1.807, 2.05) is 38.1 Å². The normalized spacial score (nSPS) is 14.4. The molecule has 3 aromatic carbocycles. The Bertz CT molecular complexity index is 1440. The molecule has 0 heterocycles. The van der Waals surface area contributed by atoms with Gasteiger partial charge in [-0.05, 0) is 62.1 Å². The molecule has 1 fully saturated rings. The summed E-state index contributed by atoms with van der Waals surface area (Å²) in [5, 5.41) is 3.57. The molecular formula is C31H35Cl2N3O4S. The molecule has 0 radical (unpaired) electrons. The Balaban J connectivity index is 1.72. The van der Waals surface area contributed by atoms with Crippen molar-refractivity contribution in [3.8, 4) is 0 Å². The molecule has 0 spiro atoms. The number of hydrogen-bond donors (Lipinski definition) is 1. The first-order valence-corrected chi connectivity index (χ1v) is 16.0. The largest absolute Gasteiger partial charge is 0.352 e. The molecule has 1 saturated carbocycles. The molecule has 4 rings (SSSR count). The third kappa shape index (κ3) is 7.82. The molecule has 0 saturated heterocycles. The number of hydrogen-bond acceptors (Lipinski definition) is 4. The number of nitrogens with zero attached hydrogens (tertiary/aromatic N) is 2. The Morgan fingerprint density at radius 1 is 0.951 bits per heavy atom. The number of benzene rings is 3. The highest BCUT2D eigenvalue weighted by Crippen LogP contribution is 2.30. The molecule has 0 unspecified atom stereocenters. The number of rotatable bonds is 11. The van der Waals surface area contributed by atoms with Gasteiger partial charge in [0.15, 0.2) is 0 Å². The van der Waals surface area contributed by atoms with Gasteiger partial charge in [0, 0.05) is 22.6 Å². The van der Waals surface area contributed by atoms with E-state index in [1.54, 1.807) is 18.2 Å². The van der Waals surface area contributed by atoms with Gasteiger partial charge in [-0.25, -0.2) is 8.42 Å². The maximum absolute atomic E-state index is 14.2. The van der Waals surface area contributed by atoms with Crippen molar-refractivity contribution in [2.45, 2.75) is 69.5 Å². The molecule has 218 valence electrons. The van der Waals surface area contributed by atoms with Crippen LogP contribution in [-0.2, 0) is 26.2 Å². The number of aryl methyl sites for hydroxylation is 1. The van der Waals surface area contributed by atoms with E-state index in [-0.39, 0.29) is 39.1 Å². The van der Waals surface area contributed by atoms with Gasteiger partial charge in [-0.3, -0.25) is 13.9 Å². The van der Waals surface area contributed by atoms with Crippen molar-refractivity contribution in [2.24, 2.45) is 0 Å². The van der Waals surface area contributed by atoms with Crippen molar-refractivity contribution in [1.29, 1.82) is 0 Å². The van der Waals surface area contributed by atoms with Gasteiger partial charge >= 0.3 is 0 Å². The van der Waals surface area contributed by atoms with Crippen LogP contribution >= 0.6 is 23.2 Å². The number of sulfonamides is 1. The van der Waals surface area contributed by atoms with E-state index in [0.717, 1.165) is 41.1 Å². The molecule has 1 aliphatic carbocycles. The summed E-state index contributed by atoms with van der Waals surface area (Å²) in [6.45, 7) is 3.42. The molecule has 0 aromatic heterocycles. The number of carbonyl (C=O) groups excluding carboxylic acids is 2. The number of carbonyl (C=O) groups is 2. The Morgan fingerprint density at radius 2 is 1.56 bits per heavy atom. The van der Waals surface area contributed by atoms with E-state index in [4.69, 9.17) is 23.2 Å². The van der Waals surface area contributed by atoms with Crippen molar-refractivity contribution in [2.75, 3.05) is 10.8 Å². The lowest BCUT2D eigenvalue weighted by Gasteiger charge is -2.34. The van der Waals surface area contributed by atoms with Crippen molar-refractivity contribution in [1.82, 2.24) is 10.2 Å². The average Bonchev–Trinajstić information content (AvgIpc) is 3.45. The number of anilines is 1. The fraction of sp³-hybridized carbons (Fsp3) is 0.355. The Morgan fingerprint density at radius 3 is 2.15 bits per heavy atom. The molecule has 0 aliphatic heterocycles. The van der Waals surface area contributed by atoms with Gasteiger partial charge in [-0.15, -0.1) is 0 Å². The maximum atomic E-state index is 14.2. The Hall–Kier alpha value is -3.07. The van der Waals surface area contributed by atoms with E-state index in [1.165, 1.54) is 35.2 Å². The van der Waals surface area contributed by atoms with Crippen LogP contribution in [0.5, 0.6) is 0 Å². The number of amides is 2. The van der Waals surface area contributed by atoms with Crippen molar-refractivity contribution in [3.05, 3.63) is 94.0 Å². The van der Waals surface area contributed by atoms with Crippen LogP contribution in [0.1, 0.15) is 50.2 Å². The highest BCUT2D eigenvalue weighted by atomic mass is 35.5. The fourth-order valence-corrected chi connectivity index (χ4v) is 7.04. The first-order chi connectivity index (χ1) is 19.6. The summed E-state index contributed by atoms with van der Waals surface area (Å²) >= 11 is 12.5. The fourth-order valence-electron chi connectivity index (χ4n) is 5.11. The molecule has 1 N–H and O–H groups in total. The lowest BCUT2D eigenvalue weighted by Crippen LogP contribution is -2.53.